The van der Waals surface area contributed by atoms with Crippen LogP contribution >= 0.6 is 0 Å². The van der Waals surface area contributed by atoms with Gasteiger partial charge in [0.05, 0.1) is 6.10 Å². The van der Waals surface area contributed by atoms with E-state index in [1.165, 1.54) is 12.2 Å². The molecule has 0 aliphatic heterocycles. The van der Waals surface area contributed by atoms with Crippen molar-refractivity contribution in [2.24, 2.45) is 0 Å². The van der Waals surface area contributed by atoms with E-state index in [-0.39, 0.29) is 0 Å². The van der Waals surface area contributed by atoms with Gasteiger partial charge >= 0.3 is 0 Å². The third kappa shape index (κ3) is 3.04. The number of aliphatic hydroxyl groups is 1. The van der Waals surface area contributed by atoms with Gasteiger partial charge in [-0.05, 0) is 6.08 Å². The fourth-order valence-corrected chi connectivity index (χ4v) is 0.189. The lowest BCUT2D eigenvalue weighted by atomic mass is 10.3. The molecule has 1 heteroatoms. The highest BCUT2D eigenvalue weighted by molar-refractivity contribution is 4.94. The quantitative estimate of drug-likeness (QED) is 0.399. The van der Waals surface area contributed by atoms with Crippen molar-refractivity contribution in [2.45, 2.75) is 6.10 Å². The molecular weight excluding hydrogens is 88.1 g/mol. The first kappa shape index (κ1) is 6.22. The van der Waals surface area contributed by atoms with E-state index in [0.717, 1.165) is 0 Å². The molecule has 0 aromatic heterocycles. The van der Waals surface area contributed by atoms with E-state index >= 15 is 0 Å². The molecule has 0 saturated carbocycles. The third-order valence-electron chi connectivity index (χ3n) is 0.530. The van der Waals surface area contributed by atoms with Gasteiger partial charge in [-0.2, -0.15) is 0 Å². The van der Waals surface area contributed by atoms with Gasteiger partial charge in [-0.25, -0.2) is 0 Å². The van der Waals surface area contributed by atoms with Gasteiger partial charge in [-0.1, -0.05) is 12.7 Å². The number of aliphatic hydroxyl groups excluding tert-OH is 1. The zero-order valence-corrected chi connectivity index (χ0v) is 4.09. The van der Waals surface area contributed by atoms with Crippen LogP contribution in [0.3, 0.4) is 0 Å². The molecule has 1 N–H and O–H groups in total. The zero-order chi connectivity index (χ0) is 5.70. The fourth-order valence-electron chi connectivity index (χ4n) is 0.189. The summed E-state index contributed by atoms with van der Waals surface area (Å²) in [5.41, 5.74) is 2.42. The average molecular weight is 96.1 g/mol. The molecule has 0 fully saturated rings. The molecule has 1 nitrogen and oxygen atoms in total. The number of hydrogen-bond donors (Lipinski definition) is 1. The maximum Gasteiger partial charge on any atom is 0.0973 e. The highest BCUT2D eigenvalue weighted by Gasteiger charge is 1.82. The predicted molar refractivity (Wildman–Crippen MR) is 29.9 cm³/mol. The normalized spacial score (nSPS) is 11.6. The van der Waals surface area contributed by atoms with Crippen LogP contribution in [0.1, 0.15) is 0 Å². The molecule has 38 valence electrons. The molecule has 1 unspecified atom stereocenters. The Balaban J connectivity index is 3.56. The van der Waals surface area contributed by atoms with Gasteiger partial charge in [0, 0.05) is 0 Å². The van der Waals surface area contributed by atoms with Gasteiger partial charge in [-0.15, -0.1) is 12.3 Å². The summed E-state index contributed by atoms with van der Waals surface area (Å²) in [7, 11) is 0. The van der Waals surface area contributed by atoms with Crippen LogP contribution in [0, 0.1) is 0 Å². The van der Waals surface area contributed by atoms with Crippen molar-refractivity contribution in [1.29, 1.82) is 0 Å². The largest absolute Gasteiger partial charge is 0.384 e. The van der Waals surface area contributed by atoms with Gasteiger partial charge in [0.2, 0.25) is 0 Å². The molecule has 0 aliphatic carbocycles. The van der Waals surface area contributed by atoms with E-state index in [0.29, 0.717) is 0 Å². The van der Waals surface area contributed by atoms with Crippen molar-refractivity contribution in [1.82, 2.24) is 0 Å². The summed E-state index contributed by atoms with van der Waals surface area (Å²) in [6.07, 6.45) is 2.24. The number of hydrogen-bond acceptors (Lipinski definition) is 1. The Morgan fingerprint density at radius 1 is 1.71 bits per heavy atom. The summed E-state index contributed by atoms with van der Waals surface area (Å²) >= 11 is 0. The molecule has 7 heavy (non-hydrogen) atoms. The fraction of sp³-hybridized carbons (Fsp3) is 0.167. The molecule has 0 bridgehead atoms. The van der Waals surface area contributed by atoms with Crippen molar-refractivity contribution >= 4 is 0 Å². The van der Waals surface area contributed by atoms with Crippen molar-refractivity contribution < 1.29 is 5.11 Å². The van der Waals surface area contributed by atoms with Crippen molar-refractivity contribution in [3.05, 3.63) is 31.0 Å². The Bertz CT molecular complexity index is 98.7. The SMILES string of the molecule is C=C=CC(O)C=C. The second-order valence-electron chi connectivity index (χ2n) is 1.10. The second kappa shape index (κ2) is 3.41. The molecule has 0 spiro atoms. The second-order valence-corrected chi connectivity index (χ2v) is 1.10. The Morgan fingerprint density at radius 3 is 2.43 bits per heavy atom. The first-order valence-electron chi connectivity index (χ1n) is 1.98. The van der Waals surface area contributed by atoms with Crippen LogP contribution in [0.25, 0.3) is 0 Å². The Labute approximate surface area is 43.3 Å². The molecule has 0 heterocycles. The van der Waals surface area contributed by atoms with Crippen molar-refractivity contribution in [2.75, 3.05) is 0 Å². The first-order chi connectivity index (χ1) is 3.31. The van der Waals surface area contributed by atoms with E-state index in [1.54, 1.807) is 0 Å². The maximum atomic E-state index is 8.58. The molecular formula is C6H8O. The lowest BCUT2D eigenvalue weighted by Gasteiger charge is -1.88. The first-order valence-corrected chi connectivity index (χ1v) is 1.98. The van der Waals surface area contributed by atoms with Gasteiger partial charge < -0.3 is 5.11 Å². The lowest BCUT2D eigenvalue weighted by Crippen LogP contribution is -1.92. The monoisotopic (exact) mass is 96.1 g/mol. The van der Waals surface area contributed by atoms with E-state index in [9.17, 15) is 0 Å². The average Bonchev–Trinajstić information content (AvgIpc) is 1.68. The minimum atomic E-state index is -0.586. The van der Waals surface area contributed by atoms with Gasteiger partial charge in [0.1, 0.15) is 0 Å². The molecule has 1 atom stereocenters. The van der Waals surface area contributed by atoms with E-state index in [1.807, 2.05) is 0 Å². The molecule has 0 aliphatic rings. The summed E-state index contributed by atoms with van der Waals surface area (Å²) in [5, 5.41) is 8.58. The molecule has 0 rings (SSSR count). The summed E-state index contributed by atoms with van der Waals surface area (Å²) in [6, 6.07) is 0. The summed E-state index contributed by atoms with van der Waals surface area (Å²) < 4.78 is 0. The molecule has 0 radical (unpaired) electrons. The highest BCUT2D eigenvalue weighted by atomic mass is 16.3. The van der Waals surface area contributed by atoms with Crippen LogP contribution in [0.4, 0.5) is 0 Å². The predicted octanol–water partition coefficient (Wildman–Crippen LogP) is 0.874. The zero-order valence-electron chi connectivity index (χ0n) is 4.09. The van der Waals surface area contributed by atoms with Crippen molar-refractivity contribution in [3.63, 3.8) is 0 Å². The Hall–Kier alpha value is -0.780. The van der Waals surface area contributed by atoms with Gasteiger partial charge in [0.25, 0.3) is 0 Å². The summed E-state index contributed by atoms with van der Waals surface area (Å²) in [4.78, 5) is 0. The number of rotatable bonds is 2. The van der Waals surface area contributed by atoms with E-state index in [4.69, 9.17) is 5.11 Å². The van der Waals surface area contributed by atoms with Crippen LogP contribution in [0.2, 0.25) is 0 Å². The van der Waals surface area contributed by atoms with Crippen LogP contribution in [-0.2, 0) is 0 Å². The Kier molecular flexibility index (Phi) is 3.03. The molecule has 0 amide bonds. The molecule has 0 saturated heterocycles. The van der Waals surface area contributed by atoms with Crippen LogP contribution in [0.5, 0.6) is 0 Å². The van der Waals surface area contributed by atoms with Crippen LogP contribution in [-0.4, -0.2) is 11.2 Å². The molecule has 0 aromatic rings. The van der Waals surface area contributed by atoms with Gasteiger partial charge in [-0.3, -0.25) is 0 Å². The standard InChI is InChI=1S/C6H8O/c1-3-5-6(7)4-2/h4-7H,1-2H2. The van der Waals surface area contributed by atoms with E-state index in [2.05, 4.69) is 18.9 Å². The van der Waals surface area contributed by atoms with E-state index < -0.39 is 6.10 Å². The van der Waals surface area contributed by atoms with Crippen LogP contribution in [0.15, 0.2) is 31.0 Å². The molecule has 0 aromatic carbocycles. The minimum Gasteiger partial charge on any atom is -0.384 e. The maximum absolute atomic E-state index is 8.58. The minimum absolute atomic E-state index is 0.586. The highest BCUT2D eigenvalue weighted by Crippen LogP contribution is 1.80. The summed E-state index contributed by atoms with van der Waals surface area (Å²) in [5.74, 6) is 0. The van der Waals surface area contributed by atoms with Crippen LogP contribution < -0.4 is 0 Å². The topological polar surface area (TPSA) is 20.2 Å². The Morgan fingerprint density at radius 2 is 2.29 bits per heavy atom. The lowest BCUT2D eigenvalue weighted by molar-refractivity contribution is 0.272. The summed E-state index contributed by atoms with van der Waals surface area (Å²) in [6.45, 7) is 6.59. The third-order valence-corrected chi connectivity index (χ3v) is 0.530. The smallest absolute Gasteiger partial charge is 0.0973 e. The van der Waals surface area contributed by atoms with Gasteiger partial charge in [0.15, 0.2) is 0 Å². The van der Waals surface area contributed by atoms with Crippen molar-refractivity contribution in [3.8, 4) is 0 Å².